The van der Waals surface area contributed by atoms with E-state index in [-0.39, 0.29) is 25.1 Å². The quantitative estimate of drug-likeness (QED) is 0.278. The fraction of sp³-hybridized carbons (Fsp3) is 0.310. The molecule has 1 atom stereocenters. The maximum atomic E-state index is 13.1. The molecule has 3 heterocycles. The van der Waals surface area contributed by atoms with Crippen LogP contribution in [0.15, 0.2) is 61.4 Å². The lowest BCUT2D eigenvalue weighted by Gasteiger charge is -2.33. The Bertz CT molecular complexity index is 1770. The summed E-state index contributed by atoms with van der Waals surface area (Å²) in [6, 6.07) is 12.5. The summed E-state index contributed by atoms with van der Waals surface area (Å²) in [5.41, 5.74) is 2.89. The molecule has 2 aromatic heterocycles. The number of aromatic nitrogens is 5. The van der Waals surface area contributed by atoms with Crippen molar-refractivity contribution in [1.82, 2.24) is 33.9 Å². The van der Waals surface area contributed by atoms with Crippen molar-refractivity contribution in [3.63, 3.8) is 0 Å². The highest BCUT2D eigenvalue weighted by atomic mass is 32.2. The molecule has 0 saturated carbocycles. The van der Waals surface area contributed by atoms with Crippen molar-refractivity contribution < 1.29 is 22.7 Å². The van der Waals surface area contributed by atoms with Crippen LogP contribution < -0.4 is 14.8 Å². The molecule has 1 fully saturated rings. The van der Waals surface area contributed by atoms with Crippen molar-refractivity contribution in [1.29, 1.82) is 5.26 Å². The van der Waals surface area contributed by atoms with Crippen LogP contribution in [0.2, 0.25) is 0 Å². The molecule has 1 unspecified atom stereocenters. The third kappa shape index (κ3) is 7.10. The number of anilines is 2. The molecule has 1 N–H and O–H groups in total. The normalized spacial score (nSPS) is 14.5. The average molecular weight is 618 g/mol. The summed E-state index contributed by atoms with van der Waals surface area (Å²) in [5, 5.41) is 16.8. The van der Waals surface area contributed by atoms with E-state index in [4.69, 9.17) is 9.47 Å². The highest BCUT2D eigenvalue weighted by molar-refractivity contribution is 7.88. The van der Waals surface area contributed by atoms with Crippen LogP contribution in [0, 0.1) is 11.3 Å². The Hall–Kier alpha value is -5.07. The Balaban J connectivity index is 1.26. The minimum atomic E-state index is -3.29. The summed E-state index contributed by atoms with van der Waals surface area (Å²) in [4.78, 5) is 27.5. The van der Waals surface area contributed by atoms with Crippen LogP contribution in [0.5, 0.6) is 11.5 Å². The lowest BCUT2D eigenvalue weighted by Crippen LogP contribution is -2.50. The van der Waals surface area contributed by atoms with Crippen LogP contribution in [0.3, 0.4) is 0 Å². The highest BCUT2D eigenvalue weighted by Crippen LogP contribution is 2.30. The fourth-order valence-corrected chi connectivity index (χ4v) is 5.56. The molecule has 44 heavy (non-hydrogen) atoms. The zero-order valence-electron chi connectivity index (χ0n) is 24.4. The Labute approximate surface area is 254 Å². The summed E-state index contributed by atoms with van der Waals surface area (Å²) >= 11 is 0. The minimum absolute atomic E-state index is 0.206. The molecule has 1 amide bonds. The van der Waals surface area contributed by atoms with Gasteiger partial charge in [0.2, 0.25) is 16.0 Å². The average Bonchev–Trinajstić information content (AvgIpc) is 3.54. The van der Waals surface area contributed by atoms with Crippen LogP contribution in [0.1, 0.15) is 22.8 Å². The van der Waals surface area contributed by atoms with E-state index in [1.165, 1.54) is 24.0 Å². The van der Waals surface area contributed by atoms with Gasteiger partial charge in [-0.2, -0.15) is 14.7 Å². The van der Waals surface area contributed by atoms with Gasteiger partial charge in [0.1, 0.15) is 36.3 Å². The van der Waals surface area contributed by atoms with E-state index < -0.39 is 10.0 Å². The summed E-state index contributed by atoms with van der Waals surface area (Å²) in [6.45, 7) is 3.49. The van der Waals surface area contributed by atoms with Gasteiger partial charge in [-0.1, -0.05) is 6.07 Å². The van der Waals surface area contributed by atoms with Gasteiger partial charge in [0.15, 0.2) is 0 Å². The minimum Gasteiger partial charge on any atom is -0.495 e. The molecule has 4 aromatic rings. The monoisotopic (exact) mass is 617 g/mol. The predicted octanol–water partition coefficient (Wildman–Crippen LogP) is 2.54. The van der Waals surface area contributed by atoms with E-state index in [9.17, 15) is 18.5 Å². The topological polar surface area (TPSA) is 168 Å². The molecule has 228 valence electrons. The molecule has 0 aliphatic carbocycles. The number of sulfonamides is 1. The number of benzene rings is 2. The Morgan fingerprint density at radius 2 is 1.82 bits per heavy atom. The number of carbonyl (C=O) groups is 1. The van der Waals surface area contributed by atoms with Crippen LogP contribution >= 0.6 is 0 Å². The molecule has 0 spiro atoms. The molecule has 1 aliphatic heterocycles. The summed E-state index contributed by atoms with van der Waals surface area (Å²) in [5.74, 6) is 0.973. The Morgan fingerprint density at radius 3 is 2.45 bits per heavy atom. The number of piperazine rings is 1. The standard InChI is InChI=1S/C29H31N9O5S/c1-20(17-37-19-31-18-34-37)43-26-12-21(4-5-23(26)14-30)24-15-32-29(33-16-24)35-25-7-6-22(13-27(25)42-2)28(39)36-8-10-38(11-9-36)44(3,40)41/h4-7,12-13,15-16,18-20H,8-11,17H2,1-3H3,(H,32,33,35). The first-order valence-electron chi connectivity index (χ1n) is 13.7. The van der Waals surface area contributed by atoms with Gasteiger partial charge >= 0.3 is 0 Å². The molecule has 2 aromatic carbocycles. The van der Waals surface area contributed by atoms with E-state index in [1.54, 1.807) is 64.7 Å². The zero-order chi connectivity index (χ0) is 31.3. The van der Waals surface area contributed by atoms with Crippen molar-refractivity contribution in [2.75, 3.05) is 44.9 Å². The van der Waals surface area contributed by atoms with E-state index in [0.717, 1.165) is 11.1 Å². The second-order valence-electron chi connectivity index (χ2n) is 10.2. The maximum Gasteiger partial charge on any atom is 0.254 e. The van der Waals surface area contributed by atoms with Gasteiger partial charge in [-0.15, -0.1) is 0 Å². The van der Waals surface area contributed by atoms with E-state index in [0.29, 0.717) is 53.9 Å². The van der Waals surface area contributed by atoms with Gasteiger partial charge in [0.05, 0.1) is 31.2 Å². The van der Waals surface area contributed by atoms with Gasteiger partial charge in [-0.05, 0) is 42.8 Å². The van der Waals surface area contributed by atoms with Gasteiger partial charge in [0.25, 0.3) is 5.91 Å². The van der Waals surface area contributed by atoms with Gasteiger partial charge < -0.3 is 19.7 Å². The maximum absolute atomic E-state index is 13.1. The molecular formula is C29H31N9O5S. The van der Waals surface area contributed by atoms with Gasteiger partial charge in [0, 0.05) is 49.7 Å². The SMILES string of the molecule is COc1cc(C(=O)N2CCN(S(C)(=O)=O)CC2)ccc1Nc1ncc(-c2ccc(C#N)c(OC(C)Cn3cncn3)c2)cn1. The fourth-order valence-electron chi connectivity index (χ4n) is 4.73. The van der Waals surface area contributed by atoms with E-state index >= 15 is 0 Å². The number of carbonyl (C=O) groups excluding carboxylic acids is 1. The van der Waals surface area contributed by atoms with Gasteiger partial charge in [-0.25, -0.2) is 28.1 Å². The van der Waals surface area contributed by atoms with Crippen LogP contribution in [0.25, 0.3) is 11.1 Å². The van der Waals surface area contributed by atoms with Crippen LogP contribution in [-0.2, 0) is 16.6 Å². The smallest absolute Gasteiger partial charge is 0.254 e. The number of hydrogen-bond acceptors (Lipinski definition) is 11. The first kappa shape index (κ1) is 30.4. The third-order valence-corrected chi connectivity index (χ3v) is 8.32. The summed E-state index contributed by atoms with van der Waals surface area (Å²) < 4.78 is 38.2. The second-order valence-corrected chi connectivity index (χ2v) is 12.1. The predicted molar refractivity (Wildman–Crippen MR) is 161 cm³/mol. The number of hydrogen-bond donors (Lipinski definition) is 1. The lowest BCUT2D eigenvalue weighted by atomic mass is 10.1. The highest BCUT2D eigenvalue weighted by Gasteiger charge is 2.27. The zero-order valence-corrected chi connectivity index (χ0v) is 25.2. The largest absolute Gasteiger partial charge is 0.495 e. The van der Waals surface area contributed by atoms with E-state index in [1.807, 2.05) is 6.92 Å². The number of nitriles is 1. The van der Waals surface area contributed by atoms with Crippen molar-refractivity contribution in [2.24, 2.45) is 0 Å². The summed E-state index contributed by atoms with van der Waals surface area (Å²) in [7, 11) is -1.79. The number of ether oxygens (including phenoxy) is 2. The molecule has 1 aliphatic rings. The van der Waals surface area contributed by atoms with Crippen molar-refractivity contribution in [3.05, 3.63) is 72.6 Å². The number of nitrogens with one attached hydrogen (secondary N) is 1. The third-order valence-electron chi connectivity index (χ3n) is 7.02. The number of nitrogens with zero attached hydrogens (tertiary/aromatic N) is 8. The van der Waals surface area contributed by atoms with Gasteiger partial charge in [-0.3, -0.25) is 4.79 Å². The van der Waals surface area contributed by atoms with Crippen molar-refractivity contribution in [2.45, 2.75) is 19.6 Å². The molecule has 14 nitrogen and oxygen atoms in total. The Morgan fingerprint density at radius 1 is 1.07 bits per heavy atom. The second kappa shape index (κ2) is 13.1. The number of amides is 1. The summed E-state index contributed by atoms with van der Waals surface area (Å²) in [6.07, 6.45) is 7.27. The molecule has 5 rings (SSSR count). The molecule has 0 bridgehead atoms. The van der Waals surface area contributed by atoms with Crippen molar-refractivity contribution in [3.8, 4) is 28.7 Å². The van der Waals surface area contributed by atoms with E-state index in [2.05, 4.69) is 31.4 Å². The lowest BCUT2D eigenvalue weighted by molar-refractivity contribution is 0.0698. The van der Waals surface area contributed by atoms with Crippen LogP contribution in [0.4, 0.5) is 11.6 Å². The number of rotatable bonds is 10. The van der Waals surface area contributed by atoms with Crippen LogP contribution in [-0.4, -0.2) is 93.9 Å². The molecular weight excluding hydrogens is 586 g/mol. The Kier molecular flexibility index (Phi) is 9.02. The first-order chi connectivity index (χ1) is 21.1. The molecule has 15 heteroatoms. The van der Waals surface area contributed by atoms with Crippen molar-refractivity contribution >= 4 is 27.6 Å². The first-order valence-corrected chi connectivity index (χ1v) is 15.5. The molecule has 0 radical (unpaired) electrons. The molecule has 1 saturated heterocycles. The number of methoxy groups -OCH3 is 1.